The molecule has 3 aromatic carbocycles. The summed E-state index contributed by atoms with van der Waals surface area (Å²) in [5.74, 6) is -0.290. The molecule has 0 saturated carbocycles. The molecule has 7 nitrogen and oxygen atoms in total. The van der Waals surface area contributed by atoms with Crippen molar-refractivity contribution in [3.8, 4) is 11.5 Å². The second-order valence-electron chi connectivity index (χ2n) is 6.85. The second kappa shape index (κ2) is 11.9. The van der Waals surface area contributed by atoms with Gasteiger partial charge in [-0.2, -0.15) is 0 Å². The van der Waals surface area contributed by atoms with E-state index in [9.17, 15) is 14.4 Å². The molecule has 0 saturated heterocycles. The Balaban J connectivity index is 1.36. The topological polar surface area (TPSA) is 93.7 Å². The van der Waals surface area contributed by atoms with Crippen molar-refractivity contribution in [3.63, 3.8) is 0 Å². The van der Waals surface area contributed by atoms with Gasteiger partial charge in [-0.3, -0.25) is 14.4 Å². The van der Waals surface area contributed by atoms with Gasteiger partial charge in [-0.25, -0.2) is 0 Å². The molecule has 0 aliphatic heterocycles. The maximum Gasteiger partial charge on any atom is 0.306 e. The lowest BCUT2D eigenvalue weighted by atomic mass is 10.2. The first-order valence-electron chi connectivity index (χ1n) is 9.92. The minimum atomic E-state index is -0.655. The number of nitrogens with one attached hydrogen (secondary N) is 2. The van der Waals surface area contributed by atoms with Crippen LogP contribution in [0.3, 0.4) is 0 Å². The third-order valence-electron chi connectivity index (χ3n) is 4.22. The summed E-state index contributed by atoms with van der Waals surface area (Å²) in [6, 6.07) is 20.3. The van der Waals surface area contributed by atoms with E-state index in [1.807, 2.05) is 0 Å². The van der Waals surface area contributed by atoms with Crippen molar-refractivity contribution in [2.45, 2.75) is 12.8 Å². The highest BCUT2D eigenvalue weighted by atomic mass is 35.5. The summed E-state index contributed by atoms with van der Waals surface area (Å²) in [5.41, 5.74) is 1.05. The molecule has 0 radical (unpaired) electrons. The van der Waals surface area contributed by atoms with Crippen molar-refractivity contribution in [1.82, 2.24) is 0 Å². The lowest BCUT2D eigenvalue weighted by Gasteiger charge is -2.09. The van der Waals surface area contributed by atoms with Crippen LogP contribution in [0.25, 0.3) is 0 Å². The molecule has 0 spiro atoms. The molecule has 0 atom stereocenters. The predicted octanol–water partition coefficient (Wildman–Crippen LogP) is 5.69. The number of anilines is 2. The molecule has 3 aromatic rings. The molecule has 0 unspecified atom stereocenters. The van der Waals surface area contributed by atoms with Crippen molar-refractivity contribution in [2.24, 2.45) is 0 Å². The van der Waals surface area contributed by atoms with Crippen LogP contribution in [-0.4, -0.2) is 24.4 Å². The Morgan fingerprint density at radius 1 is 0.697 bits per heavy atom. The maximum absolute atomic E-state index is 12.1. The van der Waals surface area contributed by atoms with Crippen LogP contribution >= 0.6 is 23.2 Å². The number of carbonyl (C=O) groups excluding carboxylic acids is 3. The van der Waals surface area contributed by atoms with E-state index in [4.69, 9.17) is 32.7 Å². The summed E-state index contributed by atoms with van der Waals surface area (Å²) in [6.07, 6.45) is -0.244. The third kappa shape index (κ3) is 8.48. The van der Waals surface area contributed by atoms with E-state index in [1.54, 1.807) is 72.8 Å². The van der Waals surface area contributed by atoms with E-state index in [0.29, 0.717) is 32.9 Å². The van der Waals surface area contributed by atoms with E-state index in [1.165, 1.54) is 0 Å². The fourth-order valence-corrected chi connectivity index (χ4v) is 2.98. The predicted molar refractivity (Wildman–Crippen MR) is 127 cm³/mol. The van der Waals surface area contributed by atoms with Crippen LogP contribution in [0.15, 0.2) is 72.8 Å². The number of carbonyl (C=O) groups is 3. The highest BCUT2D eigenvalue weighted by Crippen LogP contribution is 2.24. The largest absolute Gasteiger partial charge is 0.457 e. The van der Waals surface area contributed by atoms with Gasteiger partial charge in [0.2, 0.25) is 5.91 Å². The van der Waals surface area contributed by atoms with Gasteiger partial charge in [0.05, 0.1) is 6.42 Å². The van der Waals surface area contributed by atoms with Crippen molar-refractivity contribution in [2.75, 3.05) is 17.2 Å². The fourth-order valence-electron chi connectivity index (χ4n) is 2.67. The summed E-state index contributed by atoms with van der Waals surface area (Å²) >= 11 is 11.7. The molecule has 0 aliphatic carbocycles. The van der Waals surface area contributed by atoms with Crippen LogP contribution in [0.4, 0.5) is 11.4 Å². The van der Waals surface area contributed by atoms with E-state index in [2.05, 4.69) is 10.6 Å². The molecule has 0 bridgehead atoms. The van der Waals surface area contributed by atoms with Crippen LogP contribution < -0.4 is 15.4 Å². The Bertz CT molecular complexity index is 1120. The average molecular weight is 487 g/mol. The van der Waals surface area contributed by atoms with Gasteiger partial charge in [0.25, 0.3) is 5.91 Å². The first-order chi connectivity index (χ1) is 15.9. The number of hydrogen-bond donors (Lipinski definition) is 2. The molecule has 33 heavy (non-hydrogen) atoms. The van der Waals surface area contributed by atoms with Crippen LogP contribution in [0.1, 0.15) is 12.8 Å². The molecule has 0 heterocycles. The summed E-state index contributed by atoms with van der Waals surface area (Å²) in [4.78, 5) is 35.7. The summed E-state index contributed by atoms with van der Waals surface area (Å²) in [6.45, 7) is -0.456. The number of ether oxygens (including phenoxy) is 2. The minimum absolute atomic E-state index is 0.0855. The monoisotopic (exact) mass is 486 g/mol. The number of amides is 2. The number of esters is 1. The molecule has 9 heteroatoms. The van der Waals surface area contributed by atoms with Crippen molar-refractivity contribution < 1.29 is 23.9 Å². The van der Waals surface area contributed by atoms with Gasteiger partial charge >= 0.3 is 5.97 Å². The maximum atomic E-state index is 12.1. The van der Waals surface area contributed by atoms with Gasteiger partial charge in [-0.15, -0.1) is 0 Å². The molecular formula is C24H20Cl2N2O5. The zero-order valence-corrected chi connectivity index (χ0v) is 18.9. The fraction of sp³-hybridized carbons (Fsp3) is 0.125. The summed E-state index contributed by atoms with van der Waals surface area (Å²) in [7, 11) is 0. The molecule has 0 aromatic heterocycles. The van der Waals surface area contributed by atoms with Crippen LogP contribution in [0.2, 0.25) is 10.0 Å². The zero-order chi connectivity index (χ0) is 23.6. The highest BCUT2D eigenvalue weighted by molar-refractivity contribution is 6.31. The zero-order valence-electron chi connectivity index (χ0n) is 17.3. The first-order valence-corrected chi connectivity index (χ1v) is 10.7. The Morgan fingerprint density at radius 2 is 1.33 bits per heavy atom. The van der Waals surface area contributed by atoms with Gasteiger partial charge in [0.15, 0.2) is 6.61 Å². The summed E-state index contributed by atoms with van der Waals surface area (Å²) in [5, 5.41) is 6.34. The quantitative estimate of drug-likeness (QED) is 0.379. The van der Waals surface area contributed by atoms with Gasteiger partial charge in [0.1, 0.15) is 11.5 Å². The smallest absolute Gasteiger partial charge is 0.306 e. The Kier molecular flexibility index (Phi) is 8.69. The SMILES string of the molecule is O=C(CCC(=O)OCC(=O)Nc1cccc(Cl)c1)Nc1ccc(Oc2ccc(Cl)cc2)cc1. The summed E-state index contributed by atoms with van der Waals surface area (Å²) < 4.78 is 10.6. The molecule has 2 N–H and O–H groups in total. The van der Waals surface area contributed by atoms with E-state index in [-0.39, 0.29) is 18.7 Å². The number of benzene rings is 3. The van der Waals surface area contributed by atoms with Crippen molar-refractivity contribution in [1.29, 1.82) is 0 Å². The van der Waals surface area contributed by atoms with Gasteiger partial charge < -0.3 is 20.1 Å². The molecule has 2 amide bonds. The lowest BCUT2D eigenvalue weighted by Crippen LogP contribution is -2.21. The molecule has 0 fully saturated rings. The second-order valence-corrected chi connectivity index (χ2v) is 7.72. The van der Waals surface area contributed by atoms with Gasteiger partial charge in [-0.05, 0) is 66.7 Å². The Hall–Kier alpha value is -3.55. The van der Waals surface area contributed by atoms with E-state index >= 15 is 0 Å². The lowest BCUT2D eigenvalue weighted by molar-refractivity contribution is -0.147. The van der Waals surface area contributed by atoms with Crippen LogP contribution in [0, 0.1) is 0 Å². The van der Waals surface area contributed by atoms with Crippen molar-refractivity contribution >= 4 is 52.4 Å². The normalized spacial score (nSPS) is 10.2. The van der Waals surface area contributed by atoms with Gasteiger partial charge in [-0.1, -0.05) is 29.3 Å². The Morgan fingerprint density at radius 3 is 2.00 bits per heavy atom. The van der Waals surface area contributed by atoms with Crippen LogP contribution in [-0.2, 0) is 19.1 Å². The highest BCUT2D eigenvalue weighted by Gasteiger charge is 2.11. The van der Waals surface area contributed by atoms with Gasteiger partial charge in [0, 0.05) is 27.8 Å². The number of rotatable bonds is 9. The van der Waals surface area contributed by atoms with E-state index < -0.39 is 18.5 Å². The third-order valence-corrected chi connectivity index (χ3v) is 4.70. The standard InChI is InChI=1S/C24H20Cl2N2O5/c25-16-4-8-20(9-5-16)33-21-10-6-18(7-11-21)27-22(29)12-13-24(31)32-15-23(30)28-19-3-1-2-17(26)14-19/h1-11,14H,12-13,15H2,(H,27,29)(H,28,30). The molecule has 170 valence electrons. The molecular weight excluding hydrogens is 467 g/mol. The number of hydrogen-bond acceptors (Lipinski definition) is 5. The first kappa shape index (κ1) is 24.1. The van der Waals surface area contributed by atoms with Crippen LogP contribution in [0.5, 0.6) is 11.5 Å². The number of halogens is 2. The van der Waals surface area contributed by atoms with Crippen molar-refractivity contribution in [3.05, 3.63) is 82.8 Å². The molecule has 3 rings (SSSR count). The Labute approximate surface area is 200 Å². The van der Waals surface area contributed by atoms with E-state index in [0.717, 1.165) is 0 Å². The molecule has 0 aliphatic rings. The average Bonchev–Trinajstić information content (AvgIpc) is 2.79. The minimum Gasteiger partial charge on any atom is -0.457 e.